The number of hydrazine groups is 1. The van der Waals surface area contributed by atoms with Crippen LogP contribution in [-0.2, 0) is 9.09 Å². The molecule has 1 atom stereocenters. The van der Waals surface area contributed by atoms with Crippen LogP contribution >= 0.6 is 19.4 Å². The average Bonchev–Trinajstić information content (AvgIpc) is 2.15. The summed E-state index contributed by atoms with van der Waals surface area (Å²) >= 11 is 5.51. The average molecular weight is 261 g/mol. The number of alkyl halides is 1. The lowest BCUT2D eigenvalue weighted by atomic mass is 10.3. The Balaban J connectivity index is 3.93. The zero-order valence-corrected chi connectivity index (χ0v) is 10.5. The lowest BCUT2D eigenvalue weighted by molar-refractivity contribution is 0.0861. The molecule has 0 aliphatic rings. The number of phosphoric acid groups is 1. The van der Waals surface area contributed by atoms with Crippen molar-refractivity contribution in [2.75, 3.05) is 25.6 Å². The molecule has 1 unspecified atom stereocenters. The molecule has 92 valence electrons. The molecule has 0 radical (unpaired) electrons. The van der Waals surface area contributed by atoms with Crippen LogP contribution in [0.4, 0.5) is 0 Å². The van der Waals surface area contributed by atoms with E-state index >= 15 is 0 Å². The van der Waals surface area contributed by atoms with Crippen LogP contribution in [0.15, 0.2) is 0 Å². The van der Waals surface area contributed by atoms with Gasteiger partial charge >= 0.3 is 7.82 Å². The molecule has 0 saturated carbocycles. The fourth-order valence-corrected chi connectivity index (χ4v) is 1.55. The highest BCUT2D eigenvalue weighted by Crippen LogP contribution is 2.35. The first-order valence-electron chi connectivity index (χ1n) is 4.67. The lowest BCUT2D eigenvalue weighted by Crippen LogP contribution is -2.46. The molecule has 3 N–H and O–H groups in total. The summed E-state index contributed by atoms with van der Waals surface area (Å²) in [5.41, 5.74) is 3.02. The molecule has 6 nitrogen and oxygen atoms in total. The molecule has 15 heavy (non-hydrogen) atoms. The van der Waals surface area contributed by atoms with Gasteiger partial charge in [-0.05, 0) is 6.92 Å². The number of phosphoric ester groups is 1. The van der Waals surface area contributed by atoms with Gasteiger partial charge in [-0.3, -0.25) is 9.95 Å². The molecule has 0 heterocycles. The van der Waals surface area contributed by atoms with E-state index in [1.165, 1.54) is 0 Å². The predicted octanol–water partition coefficient (Wildman–Crippen LogP) is 0.549. The smallest absolute Gasteiger partial charge is 0.303 e. The summed E-state index contributed by atoms with van der Waals surface area (Å²) in [7, 11) is -4.38. The maximum Gasteiger partial charge on any atom is 0.469 e. The molecule has 0 fully saturated rings. The zero-order chi connectivity index (χ0) is 11.9. The van der Waals surface area contributed by atoms with Gasteiger partial charge in [0.1, 0.15) is 0 Å². The highest BCUT2D eigenvalue weighted by atomic mass is 35.5. The van der Waals surface area contributed by atoms with E-state index in [0.29, 0.717) is 19.0 Å². The number of nitrogens with one attached hydrogen (secondary N) is 1. The van der Waals surface area contributed by atoms with Crippen molar-refractivity contribution in [1.29, 1.82) is 0 Å². The number of halogens is 1. The molecule has 8 heteroatoms. The second-order valence-corrected chi connectivity index (χ2v) is 4.64. The van der Waals surface area contributed by atoms with Gasteiger partial charge in [-0.2, -0.15) is 0 Å². The van der Waals surface area contributed by atoms with Crippen molar-refractivity contribution >= 4 is 19.4 Å². The van der Waals surface area contributed by atoms with E-state index in [9.17, 15) is 4.57 Å². The second kappa shape index (κ2) is 7.57. The topological polar surface area (TPSA) is 82.0 Å². The Bertz CT molecular complexity index is 213. The standard InChI is InChI=1S/C7H18ClN2O4P/c1-3-10(9-5-4-8)7(2)6-14-15(11,12)13/h7,9H,3-6H2,1-2H3,(H2,11,12,13). The number of hydrogen-bond donors (Lipinski definition) is 3. The molecule has 0 rings (SSSR count). The highest BCUT2D eigenvalue weighted by molar-refractivity contribution is 7.46. The molecule has 0 aromatic rings. The van der Waals surface area contributed by atoms with E-state index in [4.69, 9.17) is 21.4 Å². The molecular formula is C7H18ClN2O4P. The van der Waals surface area contributed by atoms with Crippen LogP contribution in [0.2, 0.25) is 0 Å². The summed E-state index contributed by atoms with van der Waals surface area (Å²) in [6.45, 7) is 5.00. The summed E-state index contributed by atoms with van der Waals surface area (Å²) in [6, 6.07) is -0.133. The molecule has 0 bridgehead atoms. The highest BCUT2D eigenvalue weighted by Gasteiger charge is 2.18. The fourth-order valence-electron chi connectivity index (χ4n) is 1.06. The molecule has 0 aliphatic heterocycles. The van der Waals surface area contributed by atoms with E-state index in [0.717, 1.165) is 0 Å². The number of nitrogens with zero attached hydrogens (tertiary/aromatic N) is 1. The Labute approximate surface area is 94.8 Å². The molecule has 0 aromatic heterocycles. The van der Waals surface area contributed by atoms with Gasteiger partial charge in [0.15, 0.2) is 0 Å². The third kappa shape index (κ3) is 8.16. The van der Waals surface area contributed by atoms with Crippen LogP contribution in [0.25, 0.3) is 0 Å². The maximum atomic E-state index is 10.5. The SMILES string of the molecule is CCN(NCCCl)C(C)COP(=O)(O)O. The first-order valence-corrected chi connectivity index (χ1v) is 6.73. The zero-order valence-electron chi connectivity index (χ0n) is 8.89. The molecule has 0 aromatic carbocycles. The Morgan fingerprint density at radius 1 is 1.60 bits per heavy atom. The largest absolute Gasteiger partial charge is 0.469 e. The van der Waals surface area contributed by atoms with Crippen LogP contribution in [0.3, 0.4) is 0 Å². The van der Waals surface area contributed by atoms with Gasteiger partial charge in [0, 0.05) is 25.0 Å². The van der Waals surface area contributed by atoms with Crippen molar-refractivity contribution in [3.05, 3.63) is 0 Å². The molecule has 0 spiro atoms. The van der Waals surface area contributed by atoms with Gasteiger partial charge in [-0.25, -0.2) is 9.57 Å². The van der Waals surface area contributed by atoms with Gasteiger partial charge in [0.05, 0.1) is 6.61 Å². The number of hydrogen-bond acceptors (Lipinski definition) is 4. The molecule has 0 aliphatic carbocycles. The number of likely N-dealkylation sites (N-methyl/N-ethyl adjacent to an activating group) is 1. The summed E-state index contributed by atoms with van der Waals surface area (Å²) in [4.78, 5) is 17.1. The van der Waals surface area contributed by atoms with E-state index in [1.807, 2.05) is 11.9 Å². The van der Waals surface area contributed by atoms with Gasteiger partial charge in [0.2, 0.25) is 0 Å². The quantitative estimate of drug-likeness (QED) is 0.336. The molecular weight excluding hydrogens is 243 g/mol. The third-order valence-electron chi connectivity index (χ3n) is 1.77. The minimum atomic E-state index is -4.38. The van der Waals surface area contributed by atoms with Crippen molar-refractivity contribution in [3.63, 3.8) is 0 Å². The van der Waals surface area contributed by atoms with E-state index in [1.54, 1.807) is 6.92 Å². The van der Waals surface area contributed by atoms with Gasteiger partial charge < -0.3 is 9.79 Å². The Kier molecular flexibility index (Phi) is 7.73. The summed E-state index contributed by atoms with van der Waals surface area (Å²) in [5.74, 6) is 0.475. The minimum Gasteiger partial charge on any atom is -0.303 e. The van der Waals surface area contributed by atoms with Crippen molar-refractivity contribution in [3.8, 4) is 0 Å². The summed E-state index contributed by atoms with van der Waals surface area (Å²) in [5, 5.41) is 1.82. The van der Waals surface area contributed by atoms with Gasteiger partial charge in [-0.1, -0.05) is 6.92 Å². The molecule has 0 saturated heterocycles. The Morgan fingerprint density at radius 2 is 2.20 bits per heavy atom. The van der Waals surface area contributed by atoms with Crippen LogP contribution in [-0.4, -0.2) is 46.4 Å². The van der Waals surface area contributed by atoms with Crippen LogP contribution in [0, 0.1) is 0 Å². The van der Waals surface area contributed by atoms with E-state index in [-0.39, 0.29) is 12.6 Å². The van der Waals surface area contributed by atoms with E-state index in [2.05, 4.69) is 9.95 Å². The van der Waals surface area contributed by atoms with Crippen LogP contribution < -0.4 is 5.43 Å². The Hall–Kier alpha value is 0.320. The van der Waals surface area contributed by atoms with Gasteiger partial charge in [0.25, 0.3) is 0 Å². The first kappa shape index (κ1) is 15.3. The van der Waals surface area contributed by atoms with Crippen LogP contribution in [0.5, 0.6) is 0 Å². The summed E-state index contributed by atoms with van der Waals surface area (Å²) in [6.07, 6.45) is 0. The first-order chi connectivity index (χ1) is 6.90. The van der Waals surface area contributed by atoms with E-state index < -0.39 is 7.82 Å². The fraction of sp³-hybridized carbons (Fsp3) is 1.00. The third-order valence-corrected chi connectivity index (χ3v) is 2.44. The van der Waals surface area contributed by atoms with Gasteiger partial charge in [-0.15, -0.1) is 11.6 Å². The summed E-state index contributed by atoms with van der Waals surface area (Å²) < 4.78 is 14.9. The van der Waals surface area contributed by atoms with Crippen molar-refractivity contribution in [2.24, 2.45) is 0 Å². The predicted molar refractivity (Wildman–Crippen MR) is 58.6 cm³/mol. The minimum absolute atomic E-state index is 0.0343. The van der Waals surface area contributed by atoms with Crippen LogP contribution in [0.1, 0.15) is 13.8 Å². The molecule has 0 amide bonds. The normalized spacial score (nSPS) is 14.5. The maximum absolute atomic E-state index is 10.5. The van der Waals surface area contributed by atoms with Crippen molar-refractivity contribution in [1.82, 2.24) is 10.4 Å². The monoisotopic (exact) mass is 260 g/mol. The number of rotatable bonds is 8. The van der Waals surface area contributed by atoms with Crippen molar-refractivity contribution in [2.45, 2.75) is 19.9 Å². The van der Waals surface area contributed by atoms with Crippen molar-refractivity contribution < 1.29 is 18.9 Å². The lowest BCUT2D eigenvalue weighted by Gasteiger charge is -2.27. The second-order valence-electron chi connectivity index (χ2n) is 3.02. The Morgan fingerprint density at radius 3 is 2.60 bits per heavy atom.